The van der Waals surface area contributed by atoms with Crippen LogP contribution in [0.25, 0.3) is 11.3 Å². The zero-order chi connectivity index (χ0) is 15.5. The number of anilines is 1. The Bertz CT molecular complexity index is 660. The van der Waals surface area contributed by atoms with Crippen molar-refractivity contribution in [1.29, 1.82) is 0 Å². The third-order valence-electron chi connectivity index (χ3n) is 4.11. The van der Waals surface area contributed by atoms with Crippen LogP contribution in [-0.4, -0.2) is 41.5 Å². The average molecular weight is 301 g/mol. The smallest absolute Gasteiger partial charge is 0.306 e. The molecule has 0 amide bonds. The number of benzene rings is 1. The minimum absolute atomic E-state index is 0.229. The molecule has 0 bridgehead atoms. The fourth-order valence-electron chi connectivity index (χ4n) is 2.77. The van der Waals surface area contributed by atoms with Crippen molar-refractivity contribution in [2.75, 3.05) is 25.1 Å². The van der Waals surface area contributed by atoms with Gasteiger partial charge in [0.05, 0.1) is 18.7 Å². The molecule has 6 heteroatoms. The second-order valence-corrected chi connectivity index (χ2v) is 5.47. The van der Waals surface area contributed by atoms with Gasteiger partial charge in [-0.05, 0) is 25.0 Å². The molecule has 0 atom stereocenters. The number of hydrogen-bond acceptors (Lipinski definition) is 4. The van der Waals surface area contributed by atoms with E-state index in [2.05, 4.69) is 15.1 Å². The third-order valence-corrected chi connectivity index (χ3v) is 4.11. The van der Waals surface area contributed by atoms with Crippen molar-refractivity contribution in [3.05, 3.63) is 30.3 Å². The zero-order valence-corrected chi connectivity index (χ0v) is 12.5. The van der Waals surface area contributed by atoms with Crippen LogP contribution in [0, 0.1) is 5.92 Å². The number of carboxylic acid groups (broad SMARTS) is 1. The Morgan fingerprint density at radius 1 is 1.36 bits per heavy atom. The predicted molar refractivity (Wildman–Crippen MR) is 83.1 cm³/mol. The molecule has 116 valence electrons. The quantitative estimate of drug-likeness (QED) is 0.906. The lowest BCUT2D eigenvalue weighted by molar-refractivity contribution is -0.142. The molecule has 1 aromatic carbocycles. The molecular weight excluding hydrogens is 282 g/mol. The Hall–Kier alpha value is -2.50. The molecule has 22 heavy (non-hydrogen) atoms. The van der Waals surface area contributed by atoms with Gasteiger partial charge in [0.2, 0.25) is 0 Å². The normalized spacial score (nSPS) is 15.8. The first kappa shape index (κ1) is 14.4. The highest BCUT2D eigenvalue weighted by Crippen LogP contribution is 2.27. The van der Waals surface area contributed by atoms with E-state index in [1.165, 1.54) is 0 Å². The number of aromatic nitrogens is 2. The molecule has 0 spiro atoms. The Morgan fingerprint density at radius 3 is 2.82 bits per heavy atom. The molecule has 1 aromatic heterocycles. The Morgan fingerprint density at radius 2 is 2.14 bits per heavy atom. The van der Waals surface area contributed by atoms with Crippen LogP contribution in [0.1, 0.15) is 12.8 Å². The summed E-state index contributed by atoms with van der Waals surface area (Å²) in [4.78, 5) is 13.1. The van der Waals surface area contributed by atoms with E-state index < -0.39 is 5.97 Å². The largest absolute Gasteiger partial charge is 0.497 e. The Balaban J connectivity index is 1.73. The van der Waals surface area contributed by atoms with Crippen molar-refractivity contribution < 1.29 is 14.6 Å². The lowest BCUT2D eigenvalue weighted by Gasteiger charge is -2.29. The summed E-state index contributed by atoms with van der Waals surface area (Å²) in [6, 6.07) is 9.78. The van der Waals surface area contributed by atoms with E-state index in [0.717, 1.165) is 35.9 Å². The number of methoxy groups -OCH3 is 1. The van der Waals surface area contributed by atoms with E-state index >= 15 is 0 Å². The Labute approximate surface area is 128 Å². The summed E-state index contributed by atoms with van der Waals surface area (Å²) < 4.78 is 5.23. The third kappa shape index (κ3) is 2.90. The number of aliphatic carboxylic acids is 1. The van der Waals surface area contributed by atoms with E-state index in [1.807, 2.05) is 30.3 Å². The molecule has 2 N–H and O–H groups in total. The van der Waals surface area contributed by atoms with Gasteiger partial charge in [-0.1, -0.05) is 12.1 Å². The van der Waals surface area contributed by atoms with Gasteiger partial charge in [-0.25, -0.2) is 0 Å². The molecule has 1 aliphatic rings. The van der Waals surface area contributed by atoms with Crippen LogP contribution in [0.5, 0.6) is 5.75 Å². The molecule has 2 heterocycles. The summed E-state index contributed by atoms with van der Waals surface area (Å²) in [5.41, 5.74) is 1.94. The van der Waals surface area contributed by atoms with Gasteiger partial charge < -0.3 is 14.7 Å². The van der Waals surface area contributed by atoms with Gasteiger partial charge in [-0.3, -0.25) is 9.89 Å². The van der Waals surface area contributed by atoms with Crippen molar-refractivity contribution in [2.45, 2.75) is 12.8 Å². The first-order chi connectivity index (χ1) is 10.7. The van der Waals surface area contributed by atoms with Gasteiger partial charge in [0.1, 0.15) is 5.75 Å². The lowest BCUT2D eigenvalue weighted by Crippen LogP contribution is -2.36. The molecular formula is C16H19N3O3. The van der Waals surface area contributed by atoms with E-state index in [4.69, 9.17) is 9.84 Å². The number of rotatable bonds is 4. The number of hydrogen-bond donors (Lipinski definition) is 2. The summed E-state index contributed by atoms with van der Waals surface area (Å²) in [6.07, 6.45) is 1.33. The van der Waals surface area contributed by atoms with Crippen LogP contribution >= 0.6 is 0 Å². The number of H-pyrrole nitrogens is 1. The second-order valence-electron chi connectivity index (χ2n) is 5.47. The molecule has 1 fully saturated rings. The number of nitrogens with zero attached hydrogens (tertiary/aromatic N) is 2. The minimum Gasteiger partial charge on any atom is -0.497 e. The molecule has 0 unspecified atom stereocenters. The Kier molecular flexibility index (Phi) is 4.00. The molecule has 0 saturated carbocycles. The summed E-state index contributed by atoms with van der Waals surface area (Å²) in [5.74, 6) is 0.740. The summed E-state index contributed by atoms with van der Waals surface area (Å²) in [5, 5.41) is 16.4. The van der Waals surface area contributed by atoms with E-state index in [0.29, 0.717) is 12.8 Å². The maximum Gasteiger partial charge on any atom is 0.306 e. The highest BCUT2D eigenvalue weighted by molar-refractivity contribution is 5.70. The lowest BCUT2D eigenvalue weighted by atomic mass is 9.97. The highest BCUT2D eigenvalue weighted by Gasteiger charge is 2.25. The zero-order valence-electron chi connectivity index (χ0n) is 12.5. The van der Waals surface area contributed by atoms with Crippen LogP contribution in [0.2, 0.25) is 0 Å². The first-order valence-electron chi connectivity index (χ1n) is 7.35. The van der Waals surface area contributed by atoms with Gasteiger partial charge in [-0.15, -0.1) is 0 Å². The molecule has 3 rings (SSSR count). The number of carbonyl (C=O) groups is 1. The first-order valence-corrected chi connectivity index (χ1v) is 7.35. The van der Waals surface area contributed by atoms with E-state index in [1.54, 1.807) is 7.11 Å². The fraction of sp³-hybridized carbons (Fsp3) is 0.375. The van der Waals surface area contributed by atoms with Crippen molar-refractivity contribution in [1.82, 2.24) is 10.2 Å². The van der Waals surface area contributed by atoms with E-state index in [9.17, 15) is 4.79 Å². The van der Waals surface area contributed by atoms with Gasteiger partial charge in [-0.2, -0.15) is 5.10 Å². The number of aromatic amines is 1. The van der Waals surface area contributed by atoms with Crippen molar-refractivity contribution in [3.63, 3.8) is 0 Å². The number of ether oxygens (including phenoxy) is 1. The average Bonchev–Trinajstić information content (AvgIpc) is 3.05. The number of carboxylic acids is 1. The van der Waals surface area contributed by atoms with E-state index in [-0.39, 0.29) is 5.92 Å². The van der Waals surface area contributed by atoms with Crippen molar-refractivity contribution in [3.8, 4) is 17.0 Å². The summed E-state index contributed by atoms with van der Waals surface area (Å²) in [7, 11) is 1.64. The van der Waals surface area contributed by atoms with Gasteiger partial charge in [0.15, 0.2) is 5.82 Å². The molecule has 6 nitrogen and oxygen atoms in total. The maximum absolute atomic E-state index is 11.0. The highest BCUT2D eigenvalue weighted by atomic mass is 16.5. The van der Waals surface area contributed by atoms with Gasteiger partial charge in [0.25, 0.3) is 0 Å². The molecule has 1 saturated heterocycles. The predicted octanol–water partition coefficient (Wildman–Crippen LogP) is 2.39. The van der Waals surface area contributed by atoms with Gasteiger partial charge >= 0.3 is 5.97 Å². The topological polar surface area (TPSA) is 78.4 Å². The SMILES string of the molecule is COc1cccc(-c2cc(N3CCC(C(=O)O)CC3)n[nH]2)c1. The van der Waals surface area contributed by atoms with Gasteiger partial charge in [0, 0.05) is 24.7 Å². The summed E-state index contributed by atoms with van der Waals surface area (Å²) >= 11 is 0. The maximum atomic E-state index is 11.0. The van der Waals surface area contributed by atoms with Crippen LogP contribution in [0.15, 0.2) is 30.3 Å². The minimum atomic E-state index is -0.696. The second kappa shape index (κ2) is 6.09. The number of piperidine rings is 1. The molecule has 1 aliphatic heterocycles. The molecule has 0 aliphatic carbocycles. The van der Waals surface area contributed by atoms with Crippen LogP contribution in [-0.2, 0) is 4.79 Å². The fourth-order valence-corrected chi connectivity index (χ4v) is 2.77. The summed E-state index contributed by atoms with van der Waals surface area (Å²) in [6.45, 7) is 1.44. The van der Waals surface area contributed by atoms with Crippen LogP contribution < -0.4 is 9.64 Å². The van der Waals surface area contributed by atoms with Crippen molar-refractivity contribution in [2.24, 2.45) is 5.92 Å². The van der Waals surface area contributed by atoms with Crippen molar-refractivity contribution >= 4 is 11.8 Å². The monoisotopic (exact) mass is 301 g/mol. The number of nitrogens with one attached hydrogen (secondary N) is 1. The molecule has 2 aromatic rings. The van der Waals surface area contributed by atoms with Crippen LogP contribution in [0.3, 0.4) is 0 Å². The molecule has 0 radical (unpaired) electrons. The standard InChI is InChI=1S/C16H19N3O3/c1-22-13-4-2-3-12(9-13)14-10-15(18-17-14)19-7-5-11(6-8-19)16(20)21/h2-4,9-11H,5-8H2,1H3,(H,17,18)(H,20,21). The van der Waals surface area contributed by atoms with Crippen LogP contribution in [0.4, 0.5) is 5.82 Å².